The van der Waals surface area contributed by atoms with Crippen molar-refractivity contribution in [3.63, 3.8) is 0 Å². The van der Waals surface area contributed by atoms with E-state index in [1.807, 2.05) is 12.1 Å². The van der Waals surface area contributed by atoms with Gasteiger partial charge in [-0.1, -0.05) is 25.5 Å². The van der Waals surface area contributed by atoms with Crippen LogP contribution in [0.2, 0.25) is 0 Å². The molecule has 1 N–H and O–H groups in total. The van der Waals surface area contributed by atoms with Gasteiger partial charge in [0.05, 0.1) is 6.10 Å². The SMILES string of the molecule is COCOc1cccc([C@H]2CCC[C@@H](O)[C@H]2C)c1. The Morgan fingerprint density at radius 3 is 2.94 bits per heavy atom. The van der Waals surface area contributed by atoms with Crippen molar-refractivity contribution in [2.45, 2.75) is 38.2 Å². The zero-order valence-electron chi connectivity index (χ0n) is 11.1. The summed E-state index contributed by atoms with van der Waals surface area (Å²) in [6, 6.07) is 8.14. The van der Waals surface area contributed by atoms with Gasteiger partial charge in [-0.25, -0.2) is 0 Å². The van der Waals surface area contributed by atoms with Crippen LogP contribution < -0.4 is 4.74 Å². The second-order valence-electron chi connectivity index (χ2n) is 5.09. The minimum atomic E-state index is -0.174. The largest absolute Gasteiger partial charge is 0.468 e. The summed E-state index contributed by atoms with van der Waals surface area (Å²) >= 11 is 0. The predicted octanol–water partition coefficient (Wildman–Crippen LogP) is 2.93. The minimum absolute atomic E-state index is 0.174. The van der Waals surface area contributed by atoms with Gasteiger partial charge >= 0.3 is 0 Å². The Hall–Kier alpha value is -1.06. The number of hydrogen-bond donors (Lipinski definition) is 1. The molecular formula is C15H22O3. The molecular weight excluding hydrogens is 228 g/mol. The lowest BCUT2D eigenvalue weighted by atomic mass is 9.75. The maximum atomic E-state index is 9.97. The van der Waals surface area contributed by atoms with E-state index in [0.29, 0.717) is 11.8 Å². The molecule has 1 fully saturated rings. The molecule has 3 atom stereocenters. The monoisotopic (exact) mass is 250 g/mol. The van der Waals surface area contributed by atoms with E-state index in [1.54, 1.807) is 7.11 Å². The molecule has 1 aromatic carbocycles. The van der Waals surface area contributed by atoms with E-state index in [9.17, 15) is 5.11 Å². The molecule has 100 valence electrons. The molecule has 18 heavy (non-hydrogen) atoms. The number of benzene rings is 1. The van der Waals surface area contributed by atoms with Crippen LogP contribution in [-0.4, -0.2) is 25.1 Å². The van der Waals surface area contributed by atoms with Crippen LogP contribution in [0.3, 0.4) is 0 Å². The van der Waals surface area contributed by atoms with Gasteiger partial charge < -0.3 is 14.6 Å². The number of aliphatic hydroxyl groups excluding tert-OH is 1. The lowest BCUT2D eigenvalue weighted by Gasteiger charge is -2.33. The van der Waals surface area contributed by atoms with E-state index < -0.39 is 0 Å². The van der Waals surface area contributed by atoms with E-state index in [2.05, 4.69) is 19.1 Å². The van der Waals surface area contributed by atoms with Gasteiger partial charge in [-0.05, 0) is 42.4 Å². The van der Waals surface area contributed by atoms with Crippen molar-refractivity contribution in [1.29, 1.82) is 0 Å². The van der Waals surface area contributed by atoms with Crippen molar-refractivity contribution in [3.05, 3.63) is 29.8 Å². The van der Waals surface area contributed by atoms with Gasteiger partial charge in [-0.15, -0.1) is 0 Å². The second-order valence-corrected chi connectivity index (χ2v) is 5.09. The van der Waals surface area contributed by atoms with Gasteiger partial charge in [0.15, 0.2) is 6.79 Å². The summed E-state index contributed by atoms with van der Waals surface area (Å²) in [7, 11) is 1.61. The summed E-state index contributed by atoms with van der Waals surface area (Å²) in [6.07, 6.45) is 3.00. The van der Waals surface area contributed by atoms with Gasteiger partial charge in [0.1, 0.15) is 5.75 Å². The van der Waals surface area contributed by atoms with Gasteiger partial charge in [0.25, 0.3) is 0 Å². The standard InChI is InChI=1S/C15H22O3/c1-11-14(7-4-8-15(11)16)12-5-3-6-13(9-12)18-10-17-2/h3,5-6,9,11,14-16H,4,7-8,10H2,1-2H3/t11-,14-,15+/m0/s1. The maximum Gasteiger partial charge on any atom is 0.188 e. The fraction of sp³-hybridized carbons (Fsp3) is 0.600. The summed E-state index contributed by atoms with van der Waals surface area (Å²) in [6.45, 7) is 2.41. The van der Waals surface area contributed by atoms with Crippen LogP contribution in [0, 0.1) is 5.92 Å². The maximum absolute atomic E-state index is 9.97. The topological polar surface area (TPSA) is 38.7 Å². The number of ether oxygens (including phenoxy) is 2. The molecule has 0 amide bonds. The summed E-state index contributed by atoms with van der Waals surface area (Å²) in [5.41, 5.74) is 1.26. The smallest absolute Gasteiger partial charge is 0.188 e. The van der Waals surface area contributed by atoms with Gasteiger partial charge in [0, 0.05) is 7.11 Å². The first-order chi connectivity index (χ1) is 8.72. The lowest BCUT2D eigenvalue weighted by Crippen LogP contribution is -2.28. The predicted molar refractivity (Wildman–Crippen MR) is 70.7 cm³/mol. The zero-order valence-corrected chi connectivity index (χ0v) is 11.1. The molecule has 0 radical (unpaired) electrons. The van der Waals surface area contributed by atoms with Crippen LogP contribution in [0.1, 0.15) is 37.7 Å². The second kappa shape index (κ2) is 6.21. The van der Waals surface area contributed by atoms with Crippen molar-refractivity contribution in [2.75, 3.05) is 13.9 Å². The van der Waals surface area contributed by atoms with Gasteiger partial charge in [-0.3, -0.25) is 0 Å². The Morgan fingerprint density at radius 2 is 2.17 bits per heavy atom. The first-order valence-corrected chi connectivity index (χ1v) is 6.62. The number of aliphatic hydroxyl groups is 1. The summed E-state index contributed by atoms with van der Waals surface area (Å²) < 4.78 is 10.4. The molecule has 0 spiro atoms. The fourth-order valence-corrected chi connectivity index (χ4v) is 2.77. The Balaban J connectivity index is 2.11. The molecule has 3 nitrogen and oxygen atoms in total. The third-order valence-electron chi connectivity index (χ3n) is 3.89. The molecule has 0 unspecified atom stereocenters. The van der Waals surface area contributed by atoms with Crippen LogP contribution in [0.4, 0.5) is 0 Å². The highest BCUT2D eigenvalue weighted by atomic mass is 16.7. The highest BCUT2D eigenvalue weighted by Gasteiger charge is 2.29. The summed E-state index contributed by atoms with van der Waals surface area (Å²) in [4.78, 5) is 0. The van der Waals surface area contributed by atoms with E-state index in [-0.39, 0.29) is 12.9 Å². The number of methoxy groups -OCH3 is 1. The van der Waals surface area contributed by atoms with Crippen LogP contribution >= 0.6 is 0 Å². The quantitative estimate of drug-likeness (QED) is 0.835. The number of rotatable bonds is 4. The zero-order chi connectivity index (χ0) is 13.0. The molecule has 1 aliphatic carbocycles. The van der Waals surface area contributed by atoms with Gasteiger partial charge in [-0.2, -0.15) is 0 Å². The lowest BCUT2D eigenvalue weighted by molar-refractivity contribution is 0.0505. The average Bonchev–Trinajstić information content (AvgIpc) is 2.40. The molecule has 3 heteroatoms. The minimum Gasteiger partial charge on any atom is -0.468 e. The molecule has 0 aromatic heterocycles. The fourth-order valence-electron chi connectivity index (χ4n) is 2.77. The van der Waals surface area contributed by atoms with Crippen molar-refractivity contribution in [3.8, 4) is 5.75 Å². The van der Waals surface area contributed by atoms with E-state index in [0.717, 1.165) is 25.0 Å². The molecule has 1 saturated carbocycles. The summed E-state index contributed by atoms with van der Waals surface area (Å²) in [5, 5.41) is 9.97. The Labute approximate surface area is 109 Å². The molecule has 1 aliphatic rings. The summed E-state index contributed by atoms with van der Waals surface area (Å²) in [5.74, 6) is 1.58. The molecule has 1 aromatic rings. The van der Waals surface area contributed by atoms with Crippen molar-refractivity contribution >= 4 is 0 Å². The first kappa shape index (κ1) is 13.4. The van der Waals surface area contributed by atoms with Crippen molar-refractivity contribution < 1.29 is 14.6 Å². The van der Waals surface area contributed by atoms with Crippen LogP contribution in [0.5, 0.6) is 5.75 Å². The molecule has 0 bridgehead atoms. The first-order valence-electron chi connectivity index (χ1n) is 6.62. The van der Waals surface area contributed by atoms with Crippen molar-refractivity contribution in [1.82, 2.24) is 0 Å². The normalized spacial score (nSPS) is 28.1. The third kappa shape index (κ3) is 3.03. The van der Waals surface area contributed by atoms with Gasteiger partial charge in [0.2, 0.25) is 0 Å². The molecule has 0 heterocycles. The van der Waals surface area contributed by atoms with E-state index in [1.165, 1.54) is 5.56 Å². The van der Waals surface area contributed by atoms with E-state index in [4.69, 9.17) is 9.47 Å². The average molecular weight is 250 g/mol. The Bertz CT molecular complexity index is 378. The molecule has 0 saturated heterocycles. The van der Waals surface area contributed by atoms with E-state index >= 15 is 0 Å². The number of hydrogen-bond acceptors (Lipinski definition) is 3. The highest BCUT2D eigenvalue weighted by Crippen LogP contribution is 2.38. The Kier molecular flexibility index (Phi) is 4.61. The van der Waals surface area contributed by atoms with Crippen molar-refractivity contribution in [2.24, 2.45) is 5.92 Å². The third-order valence-corrected chi connectivity index (χ3v) is 3.89. The highest BCUT2D eigenvalue weighted by molar-refractivity contribution is 5.31. The van der Waals surface area contributed by atoms with Crippen LogP contribution in [0.15, 0.2) is 24.3 Å². The van der Waals surface area contributed by atoms with Crippen LogP contribution in [-0.2, 0) is 4.74 Å². The Morgan fingerprint density at radius 1 is 1.33 bits per heavy atom. The molecule has 2 rings (SSSR count). The molecule has 0 aliphatic heterocycles. The van der Waals surface area contributed by atoms with Crippen LogP contribution in [0.25, 0.3) is 0 Å².